The highest BCUT2D eigenvalue weighted by molar-refractivity contribution is 7.89. The first kappa shape index (κ1) is 19.9. The predicted octanol–water partition coefficient (Wildman–Crippen LogP) is 2.59. The fraction of sp³-hybridized carbons (Fsp3) is 0.316. The normalized spacial score (nSPS) is 11.2. The lowest BCUT2D eigenvalue weighted by Gasteiger charge is -2.22. The number of rotatable bonds is 8. The second-order valence-electron chi connectivity index (χ2n) is 5.77. The van der Waals surface area contributed by atoms with Gasteiger partial charge >= 0.3 is 0 Å². The molecular weight excluding hydrogens is 352 g/mol. The number of amides is 1. The third kappa shape index (κ3) is 5.06. The molecule has 0 aliphatic carbocycles. The van der Waals surface area contributed by atoms with Gasteiger partial charge in [0.2, 0.25) is 15.9 Å². The predicted molar refractivity (Wildman–Crippen MR) is 102 cm³/mol. The molecule has 0 atom stereocenters. The molecule has 6 nitrogen and oxygen atoms in total. The van der Waals surface area contributed by atoms with Crippen molar-refractivity contribution in [2.75, 3.05) is 25.1 Å². The van der Waals surface area contributed by atoms with Crippen LogP contribution in [0.2, 0.25) is 0 Å². The summed E-state index contributed by atoms with van der Waals surface area (Å²) < 4.78 is 32.5. The van der Waals surface area contributed by atoms with Gasteiger partial charge in [-0.2, -0.15) is 0 Å². The Morgan fingerprint density at radius 2 is 1.85 bits per heavy atom. The smallest absolute Gasteiger partial charge is 0.240 e. The summed E-state index contributed by atoms with van der Waals surface area (Å²) in [7, 11) is -2.06. The number of carbonyl (C=O) groups excluding carboxylic acids is 1. The molecule has 1 N–H and O–H groups in total. The number of benzene rings is 2. The molecule has 1 amide bonds. The van der Waals surface area contributed by atoms with Crippen LogP contribution in [0.1, 0.15) is 19.4 Å². The maximum absolute atomic E-state index is 12.4. The third-order valence-electron chi connectivity index (χ3n) is 4.01. The summed E-state index contributed by atoms with van der Waals surface area (Å²) in [5, 5.41) is 0. The summed E-state index contributed by atoms with van der Waals surface area (Å²) in [6.07, 6.45) is 0.849. The van der Waals surface area contributed by atoms with Gasteiger partial charge in [-0.15, -0.1) is 0 Å². The van der Waals surface area contributed by atoms with Crippen molar-refractivity contribution in [3.63, 3.8) is 0 Å². The number of hydrogen-bond acceptors (Lipinski definition) is 4. The summed E-state index contributed by atoms with van der Waals surface area (Å²) >= 11 is 0. The first-order valence-electron chi connectivity index (χ1n) is 8.38. The van der Waals surface area contributed by atoms with Crippen molar-refractivity contribution in [3.05, 3.63) is 54.1 Å². The molecule has 2 aromatic carbocycles. The molecule has 0 saturated heterocycles. The van der Waals surface area contributed by atoms with E-state index in [1.54, 1.807) is 55.6 Å². The van der Waals surface area contributed by atoms with Gasteiger partial charge in [-0.05, 0) is 36.2 Å². The standard InChI is InChI=1S/C19H24N2O4S/c1-4-16-8-10-19(11-9-16)26(23,24)20-12-13-21(15(2)22)17-6-5-7-18(14-17)25-3/h5-11,14,20H,4,12-13H2,1-3H3. The number of ether oxygens (including phenoxy) is 1. The highest BCUT2D eigenvalue weighted by Gasteiger charge is 2.16. The minimum absolute atomic E-state index is 0.106. The number of anilines is 1. The number of nitrogens with one attached hydrogen (secondary N) is 1. The minimum Gasteiger partial charge on any atom is -0.497 e. The van der Waals surface area contributed by atoms with Gasteiger partial charge in [-0.1, -0.05) is 25.1 Å². The molecule has 0 aromatic heterocycles. The Morgan fingerprint density at radius 1 is 1.15 bits per heavy atom. The second kappa shape index (κ2) is 8.82. The number of hydrogen-bond donors (Lipinski definition) is 1. The summed E-state index contributed by atoms with van der Waals surface area (Å²) in [5.41, 5.74) is 1.73. The zero-order valence-corrected chi connectivity index (χ0v) is 16.0. The molecule has 2 aromatic rings. The van der Waals surface area contributed by atoms with Gasteiger partial charge in [0.15, 0.2) is 0 Å². The lowest BCUT2D eigenvalue weighted by atomic mass is 10.2. The van der Waals surface area contributed by atoms with Crippen LogP contribution >= 0.6 is 0 Å². The second-order valence-corrected chi connectivity index (χ2v) is 7.53. The highest BCUT2D eigenvalue weighted by Crippen LogP contribution is 2.21. The van der Waals surface area contributed by atoms with E-state index in [9.17, 15) is 13.2 Å². The average molecular weight is 376 g/mol. The number of nitrogens with zero attached hydrogens (tertiary/aromatic N) is 1. The molecule has 0 bridgehead atoms. The van der Waals surface area contributed by atoms with E-state index in [1.165, 1.54) is 11.8 Å². The molecule has 0 radical (unpaired) electrons. The fourth-order valence-corrected chi connectivity index (χ4v) is 3.55. The maximum Gasteiger partial charge on any atom is 0.240 e. The Morgan fingerprint density at radius 3 is 2.42 bits per heavy atom. The zero-order valence-electron chi connectivity index (χ0n) is 15.2. The van der Waals surface area contributed by atoms with Crippen molar-refractivity contribution >= 4 is 21.6 Å². The molecule has 140 valence electrons. The molecule has 7 heteroatoms. The molecule has 0 unspecified atom stereocenters. The molecule has 0 heterocycles. The van der Waals surface area contributed by atoms with Crippen molar-refractivity contribution in [2.45, 2.75) is 25.2 Å². The first-order chi connectivity index (χ1) is 12.4. The van der Waals surface area contributed by atoms with Crippen LogP contribution in [0, 0.1) is 0 Å². The van der Waals surface area contributed by atoms with Crippen molar-refractivity contribution in [1.29, 1.82) is 0 Å². The van der Waals surface area contributed by atoms with Crippen LogP contribution in [0.25, 0.3) is 0 Å². The van der Waals surface area contributed by atoms with Crippen molar-refractivity contribution in [2.24, 2.45) is 0 Å². The van der Waals surface area contributed by atoms with Crippen molar-refractivity contribution in [1.82, 2.24) is 4.72 Å². The van der Waals surface area contributed by atoms with E-state index in [4.69, 9.17) is 4.74 Å². The lowest BCUT2D eigenvalue weighted by molar-refractivity contribution is -0.116. The lowest BCUT2D eigenvalue weighted by Crippen LogP contribution is -2.37. The topological polar surface area (TPSA) is 75.7 Å². The van der Waals surface area contributed by atoms with E-state index in [0.717, 1.165) is 12.0 Å². The summed E-state index contributed by atoms with van der Waals surface area (Å²) in [6, 6.07) is 13.9. The van der Waals surface area contributed by atoms with E-state index in [1.807, 2.05) is 6.92 Å². The Hall–Kier alpha value is -2.38. The molecule has 0 spiro atoms. The number of aryl methyl sites for hydroxylation is 1. The van der Waals surface area contributed by atoms with E-state index in [-0.39, 0.29) is 23.9 Å². The van der Waals surface area contributed by atoms with E-state index in [2.05, 4.69) is 4.72 Å². The van der Waals surface area contributed by atoms with E-state index < -0.39 is 10.0 Å². The van der Waals surface area contributed by atoms with Crippen LogP contribution in [0.4, 0.5) is 5.69 Å². The van der Waals surface area contributed by atoms with Gasteiger partial charge in [-0.25, -0.2) is 13.1 Å². The van der Waals surface area contributed by atoms with Crippen LogP contribution in [-0.4, -0.2) is 34.5 Å². The quantitative estimate of drug-likeness (QED) is 0.768. The molecule has 0 aliphatic heterocycles. The molecule has 0 aliphatic rings. The van der Waals surface area contributed by atoms with Gasteiger partial charge in [-0.3, -0.25) is 4.79 Å². The zero-order chi connectivity index (χ0) is 19.2. The molecule has 0 fully saturated rings. The molecule has 2 rings (SSSR count). The van der Waals surface area contributed by atoms with Crippen LogP contribution in [0.3, 0.4) is 0 Å². The SMILES string of the molecule is CCc1ccc(S(=O)(=O)NCCN(C(C)=O)c2cccc(OC)c2)cc1. The van der Waals surface area contributed by atoms with Crippen LogP contribution in [0.15, 0.2) is 53.4 Å². The number of sulfonamides is 1. The molecule has 0 saturated carbocycles. The van der Waals surface area contributed by atoms with Gasteiger partial charge in [0.25, 0.3) is 0 Å². The largest absolute Gasteiger partial charge is 0.497 e. The van der Waals surface area contributed by atoms with Crippen molar-refractivity contribution in [3.8, 4) is 5.75 Å². The molecule has 26 heavy (non-hydrogen) atoms. The van der Waals surface area contributed by atoms with Gasteiger partial charge in [0.1, 0.15) is 5.75 Å². The summed E-state index contributed by atoms with van der Waals surface area (Å²) in [5.74, 6) is 0.454. The third-order valence-corrected chi connectivity index (χ3v) is 5.49. The van der Waals surface area contributed by atoms with Gasteiger partial charge in [0, 0.05) is 31.8 Å². The maximum atomic E-state index is 12.4. The summed E-state index contributed by atoms with van der Waals surface area (Å²) in [4.78, 5) is 13.7. The Labute approximate surface area is 154 Å². The highest BCUT2D eigenvalue weighted by atomic mass is 32.2. The number of carbonyl (C=O) groups is 1. The van der Waals surface area contributed by atoms with Crippen LogP contribution in [0.5, 0.6) is 5.75 Å². The Balaban J connectivity index is 2.05. The fourth-order valence-electron chi connectivity index (χ4n) is 2.53. The minimum atomic E-state index is -3.61. The Kier molecular flexibility index (Phi) is 6.76. The van der Waals surface area contributed by atoms with E-state index >= 15 is 0 Å². The average Bonchev–Trinajstić information content (AvgIpc) is 2.65. The van der Waals surface area contributed by atoms with Crippen molar-refractivity contribution < 1.29 is 17.9 Å². The number of methoxy groups -OCH3 is 1. The monoisotopic (exact) mass is 376 g/mol. The molecular formula is C19H24N2O4S. The van der Waals surface area contributed by atoms with Gasteiger partial charge < -0.3 is 9.64 Å². The van der Waals surface area contributed by atoms with Crippen LogP contribution in [-0.2, 0) is 21.2 Å². The van der Waals surface area contributed by atoms with Crippen LogP contribution < -0.4 is 14.4 Å². The Bertz CT molecular complexity index is 848. The van der Waals surface area contributed by atoms with E-state index in [0.29, 0.717) is 11.4 Å². The van der Waals surface area contributed by atoms with Gasteiger partial charge in [0.05, 0.1) is 12.0 Å². The first-order valence-corrected chi connectivity index (χ1v) is 9.86. The summed E-state index contributed by atoms with van der Waals surface area (Å²) in [6.45, 7) is 3.78.